The Bertz CT molecular complexity index is 499. The average molecular weight is 284 g/mol. The molecule has 1 amide bonds. The molecule has 0 spiro atoms. The fraction of sp³-hybridized carbons (Fsp3) is 0.500. The lowest BCUT2D eigenvalue weighted by Crippen LogP contribution is -2.49. The van der Waals surface area contributed by atoms with E-state index in [1.165, 1.54) is 14.0 Å². The van der Waals surface area contributed by atoms with Gasteiger partial charge in [-0.3, -0.25) is 4.79 Å². The average Bonchev–Trinajstić information content (AvgIpc) is 2.39. The second-order valence-electron chi connectivity index (χ2n) is 5.03. The number of halogens is 2. The van der Waals surface area contributed by atoms with E-state index < -0.39 is 23.6 Å². The van der Waals surface area contributed by atoms with Crippen molar-refractivity contribution in [2.75, 3.05) is 20.2 Å². The molecule has 1 saturated heterocycles. The summed E-state index contributed by atoms with van der Waals surface area (Å²) in [7, 11) is 1.35. The highest BCUT2D eigenvalue weighted by Crippen LogP contribution is 2.33. The van der Waals surface area contributed by atoms with Gasteiger partial charge in [0.15, 0.2) is 0 Å². The number of likely N-dealkylation sites (tertiary alicyclic amines) is 1. The van der Waals surface area contributed by atoms with Crippen molar-refractivity contribution in [3.05, 3.63) is 29.3 Å². The Hall–Kier alpha value is -1.69. The second-order valence-corrected chi connectivity index (χ2v) is 5.03. The van der Waals surface area contributed by atoms with Crippen LogP contribution in [0.2, 0.25) is 0 Å². The Balaban J connectivity index is 2.27. The Morgan fingerprint density at radius 1 is 1.40 bits per heavy atom. The van der Waals surface area contributed by atoms with Gasteiger partial charge in [0.2, 0.25) is 5.91 Å². The van der Waals surface area contributed by atoms with E-state index in [9.17, 15) is 13.6 Å². The summed E-state index contributed by atoms with van der Waals surface area (Å²) in [6.07, 6.45) is 0.445. The molecule has 4 nitrogen and oxygen atoms in total. The molecule has 1 heterocycles. The first-order valence-corrected chi connectivity index (χ1v) is 6.48. The number of nitrogens with two attached hydrogens (primary N) is 1. The lowest BCUT2D eigenvalue weighted by Gasteiger charge is -2.36. The van der Waals surface area contributed by atoms with Gasteiger partial charge >= 0.3 is 0 Å². The predicted octanol–water partition coefficient (Wildman–Crippen LogP) is 1.64. The lowest BCUT2D eigenvalue weighted by molar-refractivity contribution is -0.130. The number of piperidine rings is 1. The van der Waals surface area contributed by atoms with Gasteiger partial charge in [0.1, 0.15) is 17.4 Å². The quantitative estimate of drug-likeness (QED) is 0.898. The summed E-state index contributed by atoms with van der Waals surface area (Å²) < 4.78 is 32.9. The molecule has 0 bridgehead atoms. The molecule has 2 atom stereocenters. The maximum absolute atomic E-state index is 14.1. The zero-order valence-corrected chi connectivity index (χ0v) is 11.5. The summed E-state index contributed by atoms with van der Waals surface area (Å²) >= 11 is 0. The fourth-order valence-corrected chi connectivity index (χ4v) is 2.66. The Labute approximate surface area is 116 Å². The highest BCUT2D eigenvalue weighted by Gasteiger charge is 2.32. The first-order valence-electron chi connectivity index (χ1n) is 6.48. The van der Waals surface area contributed by atoms with E-state index >= 15 is 0 Å². The number of carbonyl (C=O) groups is 1. The topological polar surface area (TPSA) is 55.6 Å². The highest BCUT2D eigenvalue weighted by atomic mass is 19.1. The number of hydrogen-bond acceptors (Lipinski definition) is 3. The van der Waals surface area contributed by atoms with Gasteiger partial charge in [-0.2, -0.15) is 0 Å². The van der Waals surface area contributed by atoms with Crippen LogP contribution in [0.15, 0.2) is 12.1 Å². The van der Waals surface area contributed by atoms with Gasteiger partial charge in [-0.1, -0.05) is 0 Å². The van der Waals surface area contributed by atoms with Gasteiger partial charge in [-0.25, -0.2) is 8.78 Å². The molecule has 0 aromatic heterocycles. The number of ether oxygens (including phenoxy) is 1. The zero-order valence-electron chi connectivity index (χ0n) is 11.5. The largest absolute Gasteiger partial charge is 0.497 e. The van der Waals surface area contributed by atoms with E-state index in [0.29, 0.717) is 19.5 Å². The molecule has 1 aromatic carbocycles. The fourth-order valence-electron chi connectivity index (χ4n) is 2.66. The van der Waals surface area contributed by atoms with E-state index in [2.05, 4.69) is 0 Å². The third kappa shape index (κ3) is 2.75. The van der Waals surface area contributed by atoms with E-state index in [1.807, 2.05) is 0 Å². The van der Waals surface area contributed by atoms with Crippen LogP contribution in [0.5, 0.6) is 5.75 Å². The van der Waals surface area contributed by atoms with E-state index in [-0.39, 0.29) is 17.2 Å². The number of hydrogen-bond donors (Lipinski definition) is 1. The number of methoxy groups -OCH3 is 1. The third-order valence-corrected chi connectivity index (χ3v) is 3.76. The predicted molar refractivity (Wildman–Crippen MR) is 70.5 cm³/mol. The van der Waals surface area contributed by atoms with Crippen molar-refractivity contribution in [3.63, 3.8) is 0 Å². The lowest BCUT2D eigenvalue weighted by atomic mass is 9.85. The molecule has 2 rings (SSSR count). The van der Waals surface area contributed by atoms with Crippen LogP contribution in [0.1, 0.15) is 24.8 Å². The van der Waals surface area contributed by atoms with E-state index in [1.54, 1.807) is 4.90 Å². The van der Waals surface area contributed by atoms with Gasteiger partial charge in [0, 0.05) is 49.7 Å². The van der Waals surface area contributed by atoms with Crippen LogP contribution < -0.4 is 10.5 Å². The summed E-state index contributed by atoms with van der Waals surface area (Å²) in [5.41, 5.74) is 5.98. The molecule has 1 aliphatic rings. The van der Waals surface area contributed by atoms with Crippen molar-refractivity contribution in [1.29, 1.82) is 0 Å². The molecule has 1 fully saturated rings. The molecule has 6 heteroatoms. The minimum Gasteiger partial charge on any atom is -0.497 e. The smallest absolute Gasteiger partial charge is 0.219 e. The molecule has 1 aromatic rings. The SMILES string of the molecule is COc1cc(F)c(C2CCN(C(C)=O)C[C@H]2N)c(F)c1. The van der Waals surface area contributed by atoms with Crippen molar-refractivity contribution >= 4 is 5.91 Å². The summed E-state index contributed by atoms with van der Waals surface area (Å²) in [6.45, 7) is 2.23. The maximum atomic E-state index is 14.1. The van der Waals surface area contributed by atoms with E-state index in [4.69, 9.17) is 10.5 Å². The maximum Gasteiger partial charge on any atom is 0.219 e. The number of nitrogens with zero attached hydrogens (tertiary/aromatic N) is 1. The van der Waals surface area contributed by atoms with Crippen LogP contribution in [-0.2, 0) is 4.79 Å². The molecule has 0 aliphatic carbocycles. The number of rotatable bonds is 2. The van der Waals surface area contributed by atoms with Gasteiger partial charge in [0.05, 0.1) is 7.11 Å². The van der Waals surface area contributed by atoms with Crippen molar-refractivity contribution in [2.45, 2.75) is 25.3 Å². The number of carbonyl (C=O) groups excluding carboxylic acids is 1. The summed E-state index contributed by atoms with van der Waals surface area (Å²) in [4.78, 5) is 12.9. The first kappa shape index (κ1) is 14.7. The van der Waals surface area contributed by atoms with Gasteiger partial charge in [-0.15, -0.1) is 0 Å². The molecular formula is C14H18F2N2O2. The van der Waals surface area contributed by atoms with Crippen LogP contribution in [0.3, 0.4) is 0 Å². The Kier molecular flexibility index (Phi) is 4.23. The summed E-state index contributed by atoms with van der Waals surface area (Å²) in [5, 5.41) is 0. The number of amides is 1. The summed E-state index contributed by atoms with van der Waals surface area (Å²) in [5.74, 6) is -1.68. The van der Waals surface area contributed by atoms with E-state index in [0.717, 1.165) is 12.1 Å². The number of benzene rings is 1. The van der Waals surface area contributed by atoms with Crippen LogP contribution in [0.25, 0.3) is 0 Å². The third-order valence-electron chi connectivity index (χ3n) is 3.76. The molecule has 1 aliphatic heterocycles. The minimum atomic E-state index is -0.654. The molecule has 110 valence electrons. The molecule has 0 radical (unpaired) electrons. The normalized spacial score (nSPS) is 22.8. The molecule has 20 heavy (non-hydrogen) atoms. The van der Waals surface area contributed by atoms with Crippen LogP contribution in [0, 0.1) is 11.6 Å². The first-order chi connectivity index (χ1) is 9.43. The van der Waals surface area contributed by atoms with Gasteiger partial charge in [-0.05, 0) is 6.42 Å². The van der Waals surface area contributed by atoms with Crippen molar-refractivity contribution in [3.8, 4) is 5.75 Å². The Morgan fingerprint density at radius 3 is 2.45 bits per heavy atom. The van der Waals surface area contributed by atoms with Crippen molar-refractivity contribution < 1.29 is 18.3 Å². The standard InChI is InChI=1S/C14H18F2N2O2/c1-8(19)18-4-3-10(13(17)7-18)14-11(15)5-9(20-2)6-12(14)16/h5-6,10,13H,3-4,7,17H2,1-2H3/t10?,13-/m1/s1. The van der Waals surface area contributed by atoms with Gasteiger partial charge in [0.25, 0.3) is 0 Å². The minimum absolute atomic E-state index is 0.0125. The highest BCUT2D eigenvalue weighted by molar-refractivity contribution is 5.73. The van der Waals surface area contributed by atoms with Crippen LogP contribution >= 0.6 is 0 Å². The molecule has 2 N–H and O–H groups in total. The summed E-state index contributed by atoms with van der Waals surface area (Å²) in [6, 6.07) is 1.83. The van der Waals surface area contributed by atoms with Crippen LogP contribution in [0.4, 0.5) is 8.78 Å². The van der Waals surface area contributed by atoms with Crippen molar-refractivity contribution in [2.24, 2.45) is 5.73 Å². The second kappa shape index (κ2) is 5.75. The molecule has 0 saturated carbocycles. The zero-order chi connectivity index (χ0) is 14.9. The molecular weight excluding hydrogens is 266 g/mol. The van der Waals surface area contributed by atoms with Gasteiger partial charge < -0.3 is 15.4 Å². The Morgan fingerprint density at radius 2 is 2.00 bits per heavy atom. The van der Waals surface area contributed by atoms with Crippen molar-refractivity contribution in [1.82, 2.24) is 4.90 Å². The molecule has 1 unspecified atom stereocenters. The monoisotopic (exact) mass is 284 g/mol. The van der Waals surface area contributed by atoms with Crippen LogP contribution in [-0.4, -0.2) is 37.0 Å².